The van der Waals surface area contributed by atoms with Gasteiger partial charge in [0.05, 0.1) is 5.56 Å². The fraction of sp³-hybridized carbons (Fsp3) is 0.182. The molecule has 25 heavy (non-hydrogen) atoms. The number of hydrogen-bond acceptors (Lipinski definition) is 2. The third-order valence-electron chi connectivity index (χ3n) is 4.79. The molecule has 124 valence electrons. The normalized spacial score (nSPS) is 14.3. The molecule has 0 amide bonds. The molecule has 1 aliphatic heterocycles. The molecule has 3 aromatic carbocycles. The summed E-state index contributed by atoms with van der Waals surface area (Å²) in [7, 11) is 0. The van der Waals surface area contributed by atoms with Crippen molar-refractivity contribution >= 4 is 28.0 Å². The van der Waals surface area contributed by atoms with Crippen LogP contribution in [0.2, 0.25) is 0 Å². The highest BCUT2D eigenvalue weighted by atomic mass is 16.5. The average molecular weight is 329 g/mol. The maximum atomic E-state index is 13.1. The van der Waals surface area contributed by atoms with Gasteiger partial charge >= 0.3 is 0 Å². The Bertz CT molecular complexity index is 1050. The van der Waals surface area contributed by atoms with Crippen molar-refractivity contribution in [2.75, 3.05) is 0 Å². The zero-order valence-corrected chi connectivity index (χ0v) is 14.5. The van der Waals surface area contributed by atoms with E-state index in [1.54, 1.807) is 6.07 Å². The van der Waals surface area contributed by atoms with Crippen molar-refractivity contribution in [1.29, 1.82) is 0 Å². The summed E-state index contributed by atoms with van der Waals surface area (Å²) < 4.78 is 0.784. The lowest BCUT2D eigenvalue weighted by atomic mass is 9.85. The average Bonchev–Trinajstić information content (AvgIpc) is 2.84. The van der Waals surface area contributed by atoms with Gasteiger partial charge in [0.2, 0.25) is 5.69 Å². The monoisotopic (exact) mass is 329 g/mol. The maximum Gasteiger partial charge on any atom is 0.273 e. The number of benzene rings is 3. The first-order valence-electron chi connectivity index (χ1n) is 8.39. The van der Waals surface area contributed by atoms with Gasteiger partial charge < -0.3 is 5.21 Å². The fourth-order valence-corrected chi connectivity index (χ4v) is 3.37. The summed E-state index contributed by atoms with van der Waals surface area (Å²) in [4.78, 5) is 13.1. The van der Waals surface area contributed by atoms with E-state index in [4.69, 9.17) is 0 Å². The fourth-order valence-electron chi connectivity index (χ4n) is 3.37. The number of rotatable bonds is 1. The molecule has 0 atom stereocenters. The first-order valence-corrected chi connectivity index (χ1v) is 8.39. The minimum absolute atomic E-state index is 0.0782. The van der Waals surface area contributed by atoms with Crippen LogP contribution in [0.3, 0.4) is 0 Å². The minimum atomic E-state index is -0.201. The van der Waals surface area contributed by atoms with Crippen molar-refractivity contribution < 1.29 is 9.53 Å². The van der Waals surface area contributed by atoms with E-state index < -0.39 is 0 Å². The molecule has 3 heteroatoms. The number of Topliss-reactive ketones (excluding diaryl/α,β-unsaturated/α-hetero) is 1. The second kappa shape index (κ2) is 5.28. The lowest BCUT2D eigenvalue weighted by Gasteiger charge is -2.19. The highest BCUT2D eigenvalue weighted by Crippen LogP contribution is 2.34. The Labute approximate surface area is 146 Å². The number of fused-ring (bicyclic) bond motifs is 2. The van der Waals surface area contributed by atoms with Crippen molar-refractivity contribution in [3.8, 4) is 0 Å². The Morgan fingerprint density at radius 2 is 1.60 bits per heavy atom. The predicted molar refractivity (Wildman–Crippen MR) is 101 cm³/mol. The molecule has 0 aromatic heterocycles. The molecule has 0 radical (unpaired) electrons. The van der Waals surface area contributed by atoms with Crippen molar-refractivity contribution in [1.82, 2.24) is 0 Å². The van der Waals surface area contributed by atoms with Crippen LogP contribution in [0.25, 0.3) is 10.8 Å². The van der Waals surface area contributed by atoms with Crippen LogP contribution < -0.4 is 0 Å². The van der Waals surface area contributed by atoms with Crippen molar-refractivity contribution in [3.63, 3.8) is 0 Å². The minimum Gasteiger partial charge on any atom is -0.618 e. The van der Waals surface area contributed by atoms with Gasteiger partial charge in [0, 0.05) is 6.07 Å². The van der Waals surface area contributed by atoms with Crippen LogP contribution in [0.4, 0.5) is 5.69 Å². The van der Waals surface area contributed by atoms with Crippen LogP contribution in [0.5, 0.6) is 0 Å². The molecule has 0 aliphatic carbocycles. The van der Waals surface area contributed by atoms with Crippen molar-refractivity contribution in [2.24, 2.45) is 0 Å². The molecular formula is C22H19NO2. The van der Waals surface area contributed by atoms with Crippen molar-refractivity contribution in [3.05, 3.63) is 82.6 Å². The number of nitrogens with zero attached hydrogens (tertiary/aromatic N) is 1. The Balaban J connectivity index is 1.92. The number of carbonyl (C=O) groups excluding carboxylic acids is 1. The summed E-state index contributed by atoms with van der Waals surface area (Å²) in [6.07, 6.45) is 0. The Hall–Kier alpha value is -2.94. The van der Waals surface area contributed by atoms with E-state index in [1.807, 2.05) is 54.6 Å². The zero-order chi connectivity index (χ0) is 17.8. The highest BCUT2D eigenvalue weighted by molar-refractivity contribution is 6.53. The van der Waals surface area contributed by atoms with Gasteiger partial charge in [0.15, 0.2) is 0 Å². The summed E-state index contributed by atoms with van der Waals surface area (Å²) in [5.74, 6) is -0.201. The summed E-state index contributed by atoms with van der Waals surface area (Å²) in [6.45, 7) is 6.29. The SMILES string of the molecule is CC(C)(C)c1ccc2c(c1)C(=O)C(c1cccc3ccccc13)=[N+]2[O-]. The van der Waals surface area contributed by atoms with Gasteiger partial charge in [-0.05, 0) is 33.9 Å². The van der Waals surface area contributed by atoms with Crippen LogP contribution in [0.15, 0.2) is 60.7 Å². The smallest absolute Gasteiger partial charge is 0.273 e. The molecule has 1 aliphatic rings. The topological polar surface area (TPSA) is 43.1 Å². The number of ketones is 1. The molecule has 0 unspecified atom stereocenters. The molecule has 3 nitrogen and oxygen atoms in total. The van der Waals surface area contributed by atoms with Gasteiger partial charge in [-0.1, -0.05) is 63.2 Å². The molecular weight excluding hydrogens is 310 g/mol. The molecule has 0 fully saturated rings. The highest BCUT2D eigenvalue weighted by Gasteiger charge is 2.38. The van der Waals surface area contributed by atoms with Crippen LogP contribution >= 0.6 is 0 Å². The maximum absolute atomic E-state index is 13.1. The van der Waals surface area contributed by atoms with Crippen LogP contribution in [0.1, 0.15) is 42.3 Å². The first-order chi connectivity index (χ1) is 11.9. The van der Waals surface area contributed by atoms with E-state index in [-0.39, 0.29) is 16.9 Å². The Kier molecular flexibility index (Phi) is 3.29. The zero-order valence-electron chi connectivity index (χ0n) is 14.5. The lowest BCUT2D eigenvalue weighted by molar-refractivity contribution is -0.355. The Morgan fingerprint density at radius 3 is 2.36 bits per heavy atom. The predicted octanol–water partition coefficient (Wildman–Crippen LogP) is 4.96. The van der Waals surface area contributed by atoms with E-state index in [1.165, 1.54) is 0 Å². The van der Waals surface area contributed by atoms with Crippen LogP contribution in [-0.4, -0.2) is 16.2 Å². The largest absolute Gasteiger partial charge is 0.618 e. The first kappa shape index (κ1) is 15.6. The van der Waals surface area contributed by atoms with E-state index >= 15 is 0 Å². The van der Waals surface area contributed by atoms with Crippen LogP contribution in [-0.2, 0) is 5.41 Å². The van der Waals surface area contributed by atoms with Gasteiger partial charge in [0.25, 0.3) is 11.5 Å². The third kappa shape index (κ3) is 2.35. The molecule has 0 saturated carbocycles. The molecule has 1 heterocycles. The summed E-state index contributed by atoms with van der Waals surface area (Å²) >= 11 is 0. The van der Waals surface area contributed by atoms with E-state index in [2.05, 4.69) is 20.8 Å². The second-order valence-electron chi connectivity index (χ2n) is 7.48. The molecule has 0 saturated heterocycles. The summed E-state index contributed by atoms with van der Waals surface area (Å²) in [6, 6.07) is 19.1. The third-order valence-corrected chi connectivity index (χ3v) is 4.79. The molecule has 4 rings (SSSR count). The molecule has 0 bridgehead atoms. The summed E-state index contributed by atoms with van der Waals surface area (Å²) in [5.41, 5.74) is 2.79. The molecule has 3 aromatic rings. The van der Waals surface area contributed by atoms with Gasteiger partial charge in [-0.2, -0.15) is 4.74 Å². The summed E-state index contributed by atoms with van der Waals surface area (Å²) in [5, 5.41) is 14.8. The van der Waals surface area contributed by atoms with Gasteiger partial charge in [-0.25, -0.2) is 0 Å². The second-order valence-corrected chi connectivity index (χ2v) is 7.48. The molecule has 0 N–H and O–H groups in total. The Morgan fingerprint density at radius 1 is 0.880 bits per heavy atom. The van der Waals surface area contributed by atoms with Gasteiger partial charge in [0.1, 0.15) is 5.56 Å². The number of hydrogen-bond donors (Lipinski definition) is 0. The molecule has 0 spiro atoms. The van der Waals surface area contributed by atoms with E-state index in [9.17, 15) is 10.0 Å². The van der Waals surface area contributed by atoms with E-state index in [0.717, 1.165) is 21.1 Å². The van der Waals surface area contributed by atoms with Gasteiger partial charge in [-0.3, -0.25) is 4.79 Å². The van der Waals surface area contributed by atoms with E-state index in [0.29, 0.717) is 16.8 Å². The van der Waals surface area contributed by atoms with Crippen LogP contribution in [0, 0.1) is 5.21 Å². The quantitative estimate of drug-likeness (QED) is 0.467. The number of carbonyl (C=O) groups is 1. The van der Waals surface area contributed by atoms with Crippen molar-refractivity contribution in [2.45, 2.75) is 26.2 Å². The standard InChI is InChI=1S/C22H19NO2/c1-22(2,3)15-11-12-19-18(13-15)21(24)20(23(19)25)17-10-6-8-14-7-4-5-9-16(14)17/h4-13H,1-3H3. The lowest BCUT2D eigenvalue weighted by Crippen LogP contribution is -2.17. The van der Waals surface area contributed by atoms with Gasteiger partial charge in [-0.15, -0.1) is 0 Å².